The molecule has 1 aromatic heterocycles. The van der Waals surface area contributed by atoms with Gasteiger partial charge >= 0.3 is 0 Å². The molecule has 0 amide bonds. The zero-order valence-electron chi connectivity index (χ0n) is 20.8. The maximum absolute atomic E-state index is 5.91. The first-order valence-corrected chi connectivity index (χ1v) is 13.0. The van der Waals surface area contributed by atoms with E-state index in [0.717, 1.165) is 101 Å². The van der Waals surface area contributed by atoms with Crippen molar-refractivity contribution >= 4 is 16.7 Å². The fourth-order valence-electron chi connectivity index (χ4n) is 5.61. The monoisotopic (exact) mass is 468 g/mol. The van der Waals surface area contributed by atoms with Crippen LogP contribution in [-0.4, -0.2) is 103 Å². The quantitative estimate of drug-likeness (QED) is 0.594. The lowest BCUT2D eigenvalue weighted by molar-refractivity contribution is -0.184. The lowest BCUT2D eigenvalue weighted by Gasteiger charge is -2.43. The Balaban J connectivity index is 1.16. The maximum Gasteiger partial charge on any atom is 0.168 e. The number of anilines is 1. The third-order valence-electron chi connectivity index (χ3n) is 7.54. The van der Waals surface area contributed by atoms with E-state index in [9.17, 15) is 0 Å². The van der Waals surface area contributed by atoms with Gasteiger partial charge in [0.25, 0.3) is 0 Å². The topological polar surface area (TPSA) is 66.0 Å². The van der Waals surface area contributed by atoms with Crippen LogP contribution in [0, 0.1) is 0 Å². The second-order valence-corrected chi connectivity index (χ2v) is 10.2. The van der Waals surface area contributed by atoms with E-state index < -0.39 is 0 Å². The van der Waals surface area contributed by atoms with Crippen molar-refractivity contribution in [3.05, 3.63) is 30.1 Å². The van der Waals surface area contributed by atoms with Gasteiger partial charge in [-0.3, -0.25) is 9.80 Å². The molecule has 3 aliphatic rings. The van der Waals surface area contributed by atoms with Gasteiger partial charge in [0, 0.05) is 57.0 Å². The van der Waals surface area contributed by atoms with Gasteiger partial charge in [0.1, 0.15) is 11.6 Å². The van der Waals surface area contributed by atoms with Crippen LogP contribution < -0.4 is 5.32 Å². The molecule has 2 aliphatic heterocycles. The molecule has 8 heteroatoms. The van der Waals surface area contributed by atoms with Crippen LogP contribution in [0.4, 0.5) is 5.82 Å². The molecular formula is C26H40N6O2. The predicted octanol–water partition coefficient (Wildman–Crippen LogP) is 2.80. The van der Waals surface area contributed by atoms with Crippen LogP contribution >= 0.6 is 0 Å². The average molecular weight is 469 g/mol. The van der Waals surface area contributed by atoms with E-state index in [1.165, 1.54) is 12.8 Å². The zero-order chi connectivity index (χ0) is 23.4. The van der Waals surface area contributed by atoms with Gasteiger partial charge in [-0.2, -0.15) is 0 Å². The summed E-state index contributed by atoms with van der Waals surface area (Å²) >= 11 is 0. The molecule has 1 aromatic carbocycles. The highest BCUT2D eigenvalue weighted by Gasteiger charge is 2.41. The Labute approximate surface area is 203 Å². The van der Waals surface area contributed by atoms with E-state index in [0.29, 0.717) is 6.04 Å². The van der Waals surface area contributed by atoms with Gasteiger partial charge in [-0.1, -0.05) is 12.1 Å². The molecule has 1 spiro atoms. The van der Waals surface area contributed by atoms with Gasteiger partial charge in [-0.15, -0.1) is 0 Å². The van der Waals surface area contributed by atoms with Gasteiger partial charge < -0.3 is 19.7 Å². The number of benzene rings is 1. The summed E-state index contributed by atoms with van der Waals surface area (Å²) in [4.78, 5) is 17.2. The number of fused-ring (bicyclic) bond motifs is 1. The summed E-state index contributed by atoms with van der Waals surface area (Å²) in [7, 11) is 4.22. The van der Waals surface area contributed by atoms with Crippen LogP contribution in [0.15, 0.2) is 24.3 Å². The van der Waals surface area contributed by atoms with E-state index in [4.69, 9.17) is 19.4 Å². The summed E-state index contributed by atoms with van der Waals surface area (Å²) in [6, 6.07) is 8.99. The molecule has 3 heterocycles. The predicted molar refractivity (Wildman–Crippen MR) is 135 cm³/mol. The molecule has 2 saturated heterocycles. The highest BCUT2D eigenvalue weighted by atomic mass is 16.7. The molecule has 2 aromatic rings. The van der Waals surface area contributed by atoms with Gasteiger partial charge in [-0.05, 0) is 52.0 Å². The van der Waals surface area contributed by atoms with Crippen LogP contribution in [0.1, 0.15) is 37.9 Å². The number of rotatable bonds is 8. The number of hydrogen-bond acceptors (Lipinski definition) is 8. The van der Waals surface area contributed by atoms with Gasteiger partial charge in [0.2, 0.25) is 0 Å². The first-order chi connectivity index (χ1) is 16.6. The number of ether oxygens (including phenoxy) is 2. The summed E-state index contributed by atoms with van der Waals surface area (Å²) in [6.07, 6.45) is 5.51. The summed E-state index contributed by atoms with van der Waals surface area (Å²) < 4.78 is 11.8. The molecule has 0 radical (unpaired) electrons. The molecule has 1 aliphatic carbocycles. The number of para-hydroxylation sites is 1. The van der Waals surface area contributed by atoms with E-state index in [-0.39, 0.29) is 5.79 Å². The number of nitrogens with one attached hydrogen (secondary N) is 1. The van der Waals surface area contributed by atoms with Crippen LogP contribution in [0.25, 0.3) is 10.9 Å². The molecule has 8 nitrogen and oxygen atoms in total. The number of hydrogen-bond donors (Lipinski definition) is 1. The number of nitrogens with zero attached hydrogens (tertiary/aromatic N) is 5. The van der Waals surface area contributed by atoms with Crippen LogP contribution in [-0.2, 0) is 16.0 Å². The Morgan fingerprint density at radius 1 is 1.03 bits per heavy atom. The summed E-state index contributed by atoms with van der Waals surface area (Å²) in [5, 5.41) is 4.67. The standard InChI is InChI=1S/C26H40N6O2/c1-30(2)13-5-12-27-25-22-6-3-4-7-23(22)28-24(29-25)20-31-14-16-32(17-15-31)21-8-10-26(11-9-21)33-18-19-34-26/h3-4,6-7,21H,5,8-20H2,1-2H3,(H,27,28,29). The summed E-state index contributed by atoms with van der Waals surface area (Å²) in [6.45, 7) is 8.66. The molecule has 0 unspecified atom stereocenters. The Morgan fingerprint density at radius 3 is 2.50 bits per heavy atom. The van der Waals surface area contributed by atoms with Crippen LogP contribution in [0.2, 0.25) is 0 Å². The van der Waals surface area contributed by atoms with Crippen molar-refractivity contribution in [3.63, 3.8) is 0 Å². The van der Waals surface area contributed by atoms with Crippen molar-refractivity contribution in [1.82, 2.24) is 24.7 Å². The van der Waals surface area contributed by atoms with E-state index in [1.54, 1.807) is 0 Å². The second-order valence-electron chi connectivity index (χ2n) is 10.2. The molecule has 0 atom stereocenters. The Morgan fingerprint density at radius 2 is 1.76 bits per heavy atom. The Bertz CT molecular complexity index is 930. The molecule has 34 heavy (non-hydrogen) atoms. The lowest BCUT2D eigenvalue weighted by atomic mass is 9.89. The molecule has 5 rings (SSSR count). The van der Waals surface area contributed by atoms with E-state index in [1.807, 2.05) is 0 Å². The zero-order valence-corrected chi connectivity index (χ0v) is 20.8. The number of piperazine rings is 1. The van der Waals surface area contributed by atoms with Gasteiger partial charge in [0.05, 0.1) is 25.3 Å². The van der Waals surface area contributed by atoms with Crippen molar-refractivity contribution in [2.45, 2.75) is 50.5 Å². The molecule has 1 N–H and O–H groups in total. The van der Waals surface area contributed by atoms with Crippen molar-refractivity contribution < 1.29 is 9.47 Å². The molecule has 186 valence electrons. The first-order valence-electron chi connectivity index (χ1n) is 13.0. The van der Waals surface area contributed by atoms with Crippen molar-refractivity contribution in [2.75, 3.05) is 71.9 Å². The highest BCUT2D eigenvalue weighted by Crippen LogP contribution is 2.37. The highest BCUT2D eigenvalue weighted by molar-refractivity contribution is 5.88. The van der Waals surface area contributed by atoms with Gasteiger partial charge in [0.15, 0.2) is 5.79 Å². The summed E-state index contributed by atoms with van der Waals surface area (Å²) in [5.41, 5.74) is 1.02. The average Bonchev–Trinajstić information content (AvgIpc) is 3.30. The largest absolute Gasteiger partial charge is 0.369 e. The smallest absolute Gasteiger partial charge is 0.168 e. The third kappa shape index (κ3) is 5.69. The van der Waals surface area contributed by atoms with Crippen molar-refractivity contribution in [3.8, 4) is 0 Å². The first kappa shape index (κ1) is 23.9. The van der Waals surface area contributed by atoms with E-state index >= 15 is 0 Å². The normalized spacial score (nSPS) is 22.2. The van der Waals surface area contributed by atoms with E-state index in [2.05, 4.69) is 58.4 Å². The minimum Gasteiger partial charge on any atom is -0.369 e. The van der Waals surface area contributed by atoms with Crippen LogP contribution in [0.5, 0.6) is 0 Å². The second kappa shape index (κ2) is 10.8. The number of aromatic nitrogens is 2. The lowest BCUT2D eigenvalue weighted by Crippen LogP contribution is -2.52. The fraction of sp³-hybridized carbons (Fsp3) is 0.692. The Kier molecular flexibility index (Phi) is 7.61. The molecule has 1 saturated carbocycles. The van der Waals surface area contributed by atoms with Crippen LogP contribution in [0.3, 0.4) is 0 Å². The summed E-state index contributed by atoms with van der Waals surface area (Å²) in [5.74, 6) is 1.62. The minimum absolute atomic E-state index is 0.260. The fourth-order valence-corrected chi connectivity index (χ4v) is 5.61. The molecular weight excluding hydrogens is 428 g/mol. The Hall–Kier alpha value is -1.84. The maximum atomic E-state index is 5.91. The molecule has 3 fully saturated rings. The van der Waals surface area contributed by atoms with Gasteiger partial charge in [-0.25, -0.2) is 9.97 Å². The third-order valence-corrected chi connectivity index (χ3v) is 7.54. The van der Waals surface area contributed by atoms with Crippen molar-refractivity contribution in [1.29, 1.82) is 0 Å². The minimum atomic E-state index is -0.260. The van der Waals surface area contributed by atoms with Crippen molar-refractivity contribution in [2.24, 2.45) is 0 Å². The SMILES string of the molecule is CN(C)CCCNc1nc(CN2CCN(C3CCC4(CC3)OCCO4)CC2)nc2ccccc12. The molecule has 0 bridgehead atoms.